The Hall–Kier alpha value is -1.63. The molecule has 4 rings (SSSR count). The minimum Gasteiger partial charge on any atom is -0.454 e. The zero-order valence-corrected chi connectivity index (χ0v) is 14.6. The summed E-state index contributed by atoms with van der Waals surface area (Å²) in [7, 11) is 0. The van der Waals surface area contributed by atoms with Gasteiger partial charge < -0.3 is 9.47 Å². The minimum atomic E-state index is -0.338. The third-order valence-corrected chi connectivity index (χ3v) is 5.81. The average molecular weight is 422 g/mol. The van der Waals surface area contributed by atoms with Crippen LogP contribution in [0.5, 0.6) is 11.5 Å². The number of benzene rings is 1. The standard InChI is InChI=1S/C18H15IO4/c19-17(11-5-7-14-15(8-11)23-9-22-14)18(21)12-6-4-10-2-1-3-13(20)16(10)12/h5-8,17H,1-4,9H2. The van der Waals surface area contributed by atoms with Gasteiger partial charge in [-0.2, -0.15) is 0 Å². The lowest BCUT2D eigenvalue weighted by Gasteiger charge is -2.17. The molecule has 0 saturated carbocycles. The second kappa shape index (κ2) is 5.78. The summed E-state index contributed by atoms with van der Waals surface area (Å²) in [5, 5.41) is 0. The highest BCUT2D eigenvalue weighted by Gasteiger charge is 2.33. The highest BCUT2D eigenvalue weighted by atomic mass is 127. The fraction of sp³-hybridized carbons (Fsp3) is 0.333. The van der Waals surface area contributed by atoms with Crippen LogP contribution in [0, 0.1) is 0 Å². The van der Waals surface area contributed by atoms with Gasteiger partial charge in [-0.15, -0.1) is 0 Å². The molecule has 1 aliphatic heterocycles. The van der Waals surface area contributed by atoms with Crippen molar-refractivity contribution in [1.82, 2.24) is 0 Å². The Balaban J connectivity index is 1.62. The van der Waals surface area contributed by atoms with Gasteiger partial charge in [-0.3, -0.25) is 9.59 Å². The van der Waals surface area contributed by atoms with E-state index in [1.54, 1.807) is 0 Å². The number of hydrogen-bond acceptors (Lipinski definition) is 4. The summed E-state index contributed by atoms with van der Waals surface area (Å²) in [6, 6.07) is 5.57. The van der Waals surface area contributed by atoms with Crippen molar-refractivity contribution in [1.29, 1.82) is 0 Å². The van der Waals surface area contributed by atoms with Crippen LogP contribution in [0.3, 0.4) is 0 Å². The molecule has 0 fully saturated rings. The van der Waals surface area contributed by atoms with Gasteiger partial charge in [0.2, 0.25) is 6.79 Å². The second-order valence-electron chi connectivity index (χ2n) is 5.92. The summed E-state index contributed by atoms with van der Waals surface area (Å²) in [5.74, 6) is 1.51. The zero-order valence-electron chi connectivity index (χ0n) is 12.4. The van der Waals surface area contributed by atoms with Crippen molar-refractivity contribution >= 4 is 34.2 Å². The molecule has 2 aliphatic carbocycles. The average Bonchev–Trinajstić information content (AvgIpc) is 3.20. The SMILES string of the molecule is O=C1CCCC2=C1C(C(=O)C(I)c1ccc3c(c1)OCO3)=CC2. The lowest BCUT2D eigenvalue weighted by Crippen LogP contribution is -2.17. The Morgan fingerprint density at radius 2 is 2.00 bits per heavy atom. The highest BCUT2D eigenvalue weighted by molar-refractivity contribution is 14.1. The number of halogens is 1. The van der Waals surface area contributed by atoms with Gasteiger partial charge in [0, 0.05) is 17.6 Å². The van der Waals surface area contributed by atoms with Gasteiger partial charge in [0.25, 0.3) is 0 Å². The molecule has 0 radical (unpaired) electrons. The van der Waals surface area contributed by atoms with E-state index in [4.69, 9.17) is 9.47 Å². The van der Waals surface area contributed by atoms with Crippen LogP contribution in [0.25, 0.3) is 0 Å². The topological polar surface area (TPSA) is 52.6 Å². The second-order valence-corrected chi connectivity index (χ2v) is 7.16. The van der Waals surface area contributed by atoms with Crippen LogP contribution < -0.4 is 9.47 Å². The molecule has 3 aliphatic rings. The van der Waals surface area contributed by atoms with Crippen molar-refractivity contribution in [2.45, 2.75) is 29.6 Å². The van der Waals surface area contributed by atoms with Gasteiger partial charge in [-0.1, -0.05) is 40.3 Å². The quantitative estimate of drug-likeness (QED) is 0.549. The molecule has 23 heavy (non-hydrogen) atoms. The van der Waals surface area contributed by atoms with Crippen LogP contribution in [-0.2, 0) is 9.59 Å². The number of allylic oxidation sites excluding steroid dienone is 4. The number of ketones is 2. The van der Waals surface area contributed by atoms with E-state index in [0.29, 0.717) is 29.1 Å². The van der Waals surface area contributed by atoms with E-state index < -0.39 is 0 Å². The van der Waals surface area contributed by atoms with E-state index in [1.165, 1.54) is 0 Å². The first-order valence-corrected chi connectivity index (χ1v) is 8.93. The number of rotatable bonds is 3. The van der Waals surface area contributed by atoms with E-state index in [2.05, 4.69) is 22.6 Å². The van der Waals surface area contributed by atoms with Gasteiger partial charge in [-0.05, 0) is 37.0 Å². The summed E-state index contributed by atoms with van der Waals surface area (Å²) in [5.41, 5.74) is 3.32. The van der Waals surface area contributed by atoms with Gasteiger partial charge in [0.05, 0.1) is 3.92 Å². The van der Waals surface area contributed by atoms with Crippen molar-refractivity contribution in [3.63, 3.8) is 0 Å². The first-order valence-electron chi connectivity index (χ1n) is 7.69. The third kappa shape index (κ3) is 2.51. The molecular formula is C18H15IO4. The Morgan fingerprint density at radius 1 is 1.17 bits per heavy atom. The molecule has 0 aromatic heterocycles. The Kier molecular flexibility index (Phi) is 3.75. The third-order valence-electron chi connectivity index (χ3n) is 4.52. The molecule has 4 nitrogen and oxygen atoms in total. The molecule has 0 bridgehead atoms. The maximum absolute atomic E-state index is 12.9. The van der Waals surface area contributed by atoms with Crippen molar-refractivity contribution in [2.75, 3.05) is 6.79 Å². The van der Waals surface area contributed by atoms with E-state index >= 15 is 0 Å². The van der Waals surface area contributed by atoms with Crippen LogP contribution in [0.15, 0.2) is 41.0 Å². The Bertz CT molecular complexity index is 775. The number of ether oxygens (including phenoxy) is 2. The number of carbonyl (C=O) groups is 2. The molecule has 1 unspecified atom stereocenters. The number of carbonyl (C=O) groups excluding carboxylic acids is 2. The van der Waals surface area contributed by atoms with Crippen molar-refractivity contribution in [2.24, 2.45) is 0 Å². The van der Waals surface area contributed by atoms with Crippen LogP contribution in [-0.4, -0.2) is 18.4 Å². The first kappa shape index (κ1) is 14.9. The number of fused-ring (bicyclic) bond motifs is 1. The Morgan fingerprint density at radius 3 is 2.87 bits per heavy atom. The highest BCUT2D eigenvalue weighted by Crippen LogP contribution is 2.41. The fourth-order valence-corrected chi connectivity index (χ4v) is 4.09. The maximum Gasteiger partial charge on any atom is 0.231 e. The number of hydrogen-bond donors (Lipinski definition) is 0. The van der Waals surface area contributed by atoms with Crippen LogP contribution in [0.1, 0.15) is 35.2 Å². The Labute approximate surface area is 147 Å². The number of Topliss-reactive ketones (excluding diaryl/α,β-unsaturated/α-hetero) is 2. The van der Waals surface area contributed by atoms with Gasteiger partial charge in [0.1, 0.15) is 0 Å². The fourth-order valence-electron chi connectivity index (χ4n) is 3.36. The summed E-state index contributed by atoms with van der Waals surface area (Å²) < 4.78 is 10.3. The molecule has 0 spiro atoms. The van der Waals surface area contributed by atoms with Gasteiger partial charge in [0.15, 0.2) is 23.1 Å². The molecule has 0 saturated heterocycles. The zero-order chi connectivity index (χ0) is 16.0. The lowest BCUT2D eigenvalue weighted by molar-refractivity contribution is -0.118. The summed E-state index contributed by atoms with van der Waals surface area (Å²) in [4.78, 5) is 25.1. The predicted molar refractivity (Wildman–Crippen MR) is 92.9 cm³/mol. The molecule has 5 heteroatoms. The van der Waals surface area contributed by atoms with E-state index in [0.717, 1.165) is 30.4 Å². The monoisotopic (exact) mass is 422 g/mol. The molecule has 1 atom stereocenters. The first-order chi connectivity index (χ1) is 11.1. The van der Waals surface area contributed by atoms with Crippen molar-refractivity contribution in [3.8, 4) is 11.5 Å². The van der Waals surface area contributed by atoms with E-state index in [9.17, 15) is 9.59 Å². The number of alkyl halides is 1. The molecule has 1 heterocycles. The molecular weight excluding hydrogens is 407 g/mol. The summed E-state index contributed by atoms with van der Waals surface area (Å²) >= 11 is 2.14. The van der Waals surface area contributed by atoms with Crippen LogP contribution in [0.2, 0.25) is 0 Å². The smallest absolute Gasteiger partial charge is 0.231 e. The lowest BCUT2D eigenvalue weighted by atomic mass is 9.87. The van der Waals surface area contributed by atoms with Gasteiger partial charge >= 0.3 is 0 Å². The molecule has 0 amide bonds. The van der Waals surface area contributed by atoms with E-state index in [1.807, 2.05) is 24.3 Å². The molecule has 1 aromatic carbocycles. The predicted octanol–water partition coefficient (Wildman–Crippen LogP) is 3.84. The van der Waals surface area contributed by atoms with Crippen molar-refractivity contribution in [3.05, 3.63) is 46.6 Å². The maximum atomic E-state index is 12.9. The van der Waals surface area contributed by atoms with Crippen molar-refractivity contribution < 1.29 is 19.1 Å². The van der Waals surface area contributed by atoms with Crippen LogP contribution >= 0.6 is 22.6 Å². The normalized spacial score (nSPS) is 20.4. The largest absolute Gasteiger partial charge is 0.454 e. The van der Waals surface area contributed by atoms with E-state index in [-0.39, 0.29) is 22.3 Å². The summed E-state index contributed by atoms with van der Waals surface area (Å²) in [6.45, 7) is 0.217. The molecule has 1 aromatic rings. The van der Waals surface area contributed by atoms with Crippen LogP contribution in [0.4, 0.5) is 0 Å². The summed E-state index contributed by atoms with van der Waals surface area (Å²) in [6.07, 6.45) is 5.06. The van der Waals surface area contributed by atoms with Gasteiger partial charge in [-0.25, -0.2) is 0 Å². The molecule has 0 N–H and O–H groups in total. The molecule has 118 valence electrons. The minimum absolute atomic E-state index is 0.00437.